The van der Waals surface area contributed by atoms with Crippen molar-refractivity contribution in [3.05, 3.63) is 33.1 Å². The molecule has 0 saturated carbocycles. The van der Waals surface area contributed by atoms with E-state index in [2.05, 4.69) is 4.98 Å². The van der Waals surface area contributed by atoms with Crippen LogP contribution in [0.1, 0.15) is 12.8 Å². The lowest BCUT2D eigenvalue weighted by Crippen LogP contribution is -2.31. The maximum Gasteiger partial charge on any atom is 0.328 e. The van der Waals surface area contributed by atoms with Crippen LogP contribution in [0.2, 0.25) is 0 Å². The summed E-state index contributed by atoms with van der Waals surface area (Å²) in [4.78, 5) is 24.3. The van der Waals surface area contributed by atoms with Crippen molar-refractivity contribution < 1.29 is 4.74 Å². The van der Waals surface area contributed by atoms with E-state index in [-0.39, 0.29) is 17.4 Å². The highest BCUT2D eigenvalue weighted by atomic mass is 16.5. The van der Waals surface area contributed by atoms with Crippen LogP contribution >= 0.6 is 0 Å². The summed E-state index contributed by atoms with van der Waals surface area (Å²) in [5, 5.41) is 0. The SMILES string of the molecule is O=c1ccn(C[C@H]2CCCO2)c(=O)[nH]1. The van der Waals surface area contributed by atoms with Gasteiger partial charge in [0.1, 0.15) is 0 Å². The first-order valence-electron chi connectivity index (χ1n) is 4.67. The minimum atomic E-state index is -0.368. The predicted octanol–water partition coefficient (Wildman–Crippen LogP) is -0.284. The molecule has 1 saturated heterocycles. The molecule has 1 aliphatic rings. The largest absolute Gasteiger partial charge is 0.376 e. The maximum atomic E-state index is 11.3. The van der Waals surface area contributed by atoms with Crippen molar-refractivity contribution in [3.63, 3.8) is 0 Å². The van der Waals surface area contributed by atoms with E-state index < -0.39 is 0 Å². The highest BCUT2D eigenvalue weighted by molar-refractivity contribution is 4.83. The molecule has 0 bridgehead atoms. The molecule has 0 aliphatic carbocycles. The second-order valence-electron chi connectivity index (χ2n) is 3.40. The number of rotatable bonds is 2. The average molecular weight is 196 g/mol. The first-order chi connectivity index (χ1) is 6.75. The molecule has 0 aromatic carbocycles. The highest BCUT2D eigenvalue weighted by Gasteiger charge is 2.16. The van der Waals surface area contributed by atoms with Crippen molar-refractivity contribution >= 4 is 0 Å². The first-order valence-corrected chi connectivity index (χ1v) is 4.67. The molecule has 1 N–H and O–H groups in total. The molecule has 2 rings (SSSR count). The van der Waals surface area contributed by atoms with Crippen LogP contribution < -0.4 is 11.2 Å². The third-order valence-corrected chi connectivity index (χ3v) is 2.32. The zero-order chi connectivity index (χ0) is 9.97. The molecule has 5 heteroatoms. The molecule has 2 heterocycles. The molecular weight excluding hydrogens is 184 g/mol. The van der Waals surface area contributed by atoms with Gasteiger partial charge in [0.05, 0.1) is 12.6 Å². The van der Waals surface area contributed by atoms with Gasteiger partial charge >= 0.3 is 5.69 Å². The third-order valence-electron chi connectivity index (χ3n) is 2.32. The monoisotopic (exact) mass is 196 g/mol. The van der Waals surface area contributed by atoms with Gasteiger partial charge in [0.2, 0.25) is 0 Å². The molecule has 1 aromatic heterocycles. The molecule has 0 radical (unpaired) electrons. The zero-order valence-electron chi connectivity index (χ0n) is 7.73. The molecule has 1 fully saturated rings. The van der Waals surface area contributed by atoms with Gasteiger partial charge in [0, 0.05) is 18.9 Å². The molecular formula is C9H12N2O3. The van der Waals surface area contributed by atoms with Crippen LogP contribution in [0, 0.1) is 0 Å². The van der Waals surface area contributed by atoms with E-state index in [1.165, 1.54) is 16.8 Å². The van der Waals surface area contributed by atoms with Gasteiger partial charge in [-0.2, -0.15) is 0 Å². The Kier molecular flexibility index (Phi) is 2.49. The van der Waals surface area contributed by atoms with Crippen molar-refractivity contribution in [1.29, 1.82) is 0 Å². The number of hydrogen-bond acceptors (Lipinski definition) is 3. The zero-order valence-corrected chi connectivity index (χ0v) is 7.73. The summed E-state index contributed by atoms with van der Waals surface area (Å²) in [6, 6.07) is 1.34. The van der Waals surface area contributed by atoms with Gasteiger partial charge in [-0.25, -0.2) is 4.79 Å². The number of hydrogen-bond donors (Lipinski definition) is 1. The van der Waals surface area contributed by atoms with E-state index in [4.69, 9.17) is 4.74 Å². The van der Waals surface area contributed by atoms with Crippen molar-refractivity contribution in [2.45, 2.75) is 25.5 Å². The van der Waals surface area contributed by atoms with Crippen molar-refractivity contribution in [1.82, 2.24) is 9.55 Å². The molecule has 1 aromatic rings. The van der Waals surface area contributed by atoms with Gasteiger partial charge in [0.25, 0.3) is 5.56 Å². The fourth-order valence-electron chi connectivity index (χ4n) is 1.60. The second-order valence-corrected chi connectivity index (χ2v) is 3.40. The number of nitrogens with zero attached hydrogens (tertiary/aromatic N) is 1. The van der Waals surface area contributed by atoms with Crippen LogP contribution in [0.15, 0.2) is 21.9 Å². The summed E-state index contributed by atoms with van der Waals surface area (Å²) in [6.45, 7) is 1.29. The van der Waals surface area contributed by atoms with Gasteiger partial charge in [0.15, 0.2) is 0 Å². The second kappa shape index (κ2) is 3.79. The lowest BCUT2D eigenvalue weighted by Gasteiger charge is -2.10. The summed E-state index contributed by atoms with van der Waals surface area (Å²) in [7, 11) is 0. The van der Waals surface area contributed by atoms with Gasteiger partial charge in [-0.1, -0.05) is 0 Å². The Labute approximate surface area is 80.3 Å². The van der Waals surface area contributed by atoms with E-state index in [9.17, 15) is 9.59 Å². The minimum absolute atomic E-state index is 0.110. The number of nitrogens with one attached hydrogen (secondary N) is 1. The Bertz CT molecular complexity index is 415. The van der Waals surface area contributed by atoms with E-state index in [1.807, 2.05) is 0 Å². The van der Waals surface area contributed by atoms with Crippen molar-refractivity contribution in [2.24, 2.45) is 0 Å². The van der Waals surface area contributed by atoms with Crippen LogP contribution in [0.25, 0.3) is 0 Å². The topological polar surface area (TPSA) is 64.1 Å². The molecule has 1 atom stereocenters. The smallest absolute Gasteiger partial charge is 0.328 e. The summed E-state index contributed by atoms with van der Waals surface area (Å²) >= 11 is 0. The minimum Gasteiger partial charge on any atom is -0.376 e. The molecule has 5 nitrogen and oxygen atoms in total. The van der Waals surface area contributed by atoms with Gasteiger partial charge in [-0.3, -0.25) is 14.3 Å². The summed E-state index contributed by atoms with van der Waals surface area (Å²) in [5.41, 5.74) is -0.730. The summed E-state index contributed by atoms with van der Waals surface area (Å²) in [6.07, 6.45) is 3.63. The van der Waals surface area contributed by atoms with E-state index in [1.54, 1.807) is 0 Å². The van der Waals surface area contributed by atoms with Crippen LogP contribution in [0.3, 0.4) is 0 Å². The van der Waals surface area contributed by atoms with E-state index in [0.29, 0.717) is 6.54 Å². The summed E-state index contributed by atoms with van der Waals surface area (Å²) in [5.74, 6) is 0. The van der Waals surface area contributed by atoms with Crippen LogP contribution in [0.5, 0.6) is 0 Å². The Morgan fingerprint density at radius 2 is 2.43 bits per heavy atom. The fraction of sp³-hybridized carbons (Fsp3) is 0.556. The molecule has 0 amide bonds. The number of H-pyrrole nitrogens is 1. The Morgan fingerprint density at radius 3 is 3.07 bits per heavy atom. The van der Waals surface area contributed by atoms with Crippen molar-refractivity contribution in [2.75, 3.05) is 6.61 Å². The molecule has 1 aliphatic heterocycles. The predicted molar refractivity (Wildman–Crippen MR) is 50.3 cm³/mol. The van der Waals surface area contributed by atoms with Gasteiger partial charge in [-0.05, 0) is 12.8 Å². The standard InChI is InChI=1S/C9H12N2O3/c12-8-3-4-11(9(13)10-8)6-7-2-1-5-14-7/h3-4,7H,1-2,5-6H2,(H,10,12,13)/t7-/m1/s1. The molecule has 76 valence electrons. The normalized spacial score (nSPS) is 21.3. The first kappa shape index (κ1) is 9.21. The maximum absolute atomic E-state index is 11.3. The molecule has 14 heavy (non-hydrogen) atoms. The quantitative estimate of drug-likeness (QED) is 0.707. The van der Waals surface area contributed by atoms with Crippen LogP contribution in [-0.4, -0.2) is 22.3 Å². The van der Waals surface area contributed by atoms with Gasteiger partial charge in [-0.15, -0.1) is 0 Å². The Hall–Kier alpha value is -1.36. The van der Waals surface area contributed by atoms with Crippen LogP contribution in [0.4, 0.5) is 0 Å². The molecule has 0 unspecified atom stereocenters. The molecule has 0 spiro atoms. The lowest BCUT2D eigenvalue weighted by molar-refractivity contribution is 0.0958. The average Bonchev–Trinajstić information content (AvgIpc) is 2.62. The van der Waals surface area contributed by atoms with Gasteiger partial charge < -0.3 is 4.74 Å². The van der Waals surface area contributed by atoms with E-state index >= 15 is 0 Å². The lowest BCUT2D eigenvalue weighted by atomic mass is 10.2. The number of aromatic nitrogens is 2. The van der Waals surface area contributed by atoms with E-state index in [0.717, 1.165) is 19.4 Å². The number of ether oxygens (including phenoxy) is 1. The Balaban J connectivity index is 2.16. The highest BCUT2D eigenvalue weighted by Crippen LogP contribution is 2.12. The summed E-state index contributed by atoms with van der Waals surface area (Å²) < 4.78 is 6.86. The number of aromatic amines is 1. The van der Waals surface area contributed by atoms with Crippen molar-refractivity contribution in [3.8, 4) is 0 Å². The Morgan fingerprint density at radius 1 is 1.57 bits per heavy atom. The van der Waals surface area contributed by atoms with Crippen LogP contribution in [-0.2, 0) is 11.3 Å². The third kappa shape index (κ3) is 1.93. The fourth-order valence-corrected chi connectivity index (χ4v) is 1.60.